The van der Waals surface area contributed by atoms with Crippen molar-refractivity contribution in [3.8, 4) is 0 Å². The summed E-state index contributed by atoms with van der Waals surface area (Å²) in [6.07, 6.45) is 1.04. The van der Waals surface area contributed by atoms with Crippen LogP contribution in [-0.4, -0.2) is 98.0 Å². The van der Waals surface area contributed by atoms with Crippen molar-refractivity contribution in [3.63, 3.8) is 0 Å². The molecule has 6 N–H and O–H groups in total. The van der Waals surface area contributed by atoms with Gasteiger partial charge in [-0.3, -0.25) is 0 Å². The molecule has 0 amide bonds. The maximum Gasteiger partial charge on any atom is 0.186 e. The van der Waals surface area contributed by atoms with Gasteiger partial charge in [-0.2, -0.15) is 0 Å². The molecule has 2 aliphatic heterocycles. The summed E-state index contributed by atoms with van der Waals surface area (Å²) in [4.78, 5) is 0. The predicted molar refractivity (Wildman–Crippen MR) is 166 cm³/mol. The van der Waals surface area contributed by atoms with Crippen LogP contribution in [0.25, 0.3) is 0 Å². The van der Waals surface area contributed by atoms with Crippen LogP contribution in [-0.2, 0) is 14.2 Å². The molecule has 2 saturated heterocycles. The highest BCUT2D eigenvalue weighted by molar-refractivity contribution is 5.33. The number of hydrogen-bond donors (Lipinski definition) is 6. The molecule has 3 unspecified atom stereocenters. The molecular weight excluding hydrogens is 576 g/mol. The van der Waals surface area contributed by atoms with E-state index in [1.807, 2.05) is 13.8 Å². The van der Waals surface area contributed by atoms with Gasteiger partial charge in [-0.1, -0.05) is 34.6 Å². The van der Waals surface area contributed by atoms with E-state index in [0.717, 1.165) is 44.9 Å². The van der Waals surface area contributed by atoms with E-state index in [2.05, 4.69) is 34.6 Å². The summed E-state index contributed by atoms with van der Waals surface area (Å²) in [5.41, 5.74) is -0.529. The highest BCUT2D eigenvalue weighted by Gasteiger charge is 2.85. The number of ether oxygens (including phenoxy) is 3. The Morgan fingerprint density at radius 3 is 2.20 bits per heavy atom. The molecule has 7 fully saturated rings. The summed E-state index contributed by atoms with van der Waals surface area (Å²) in [7, 11) is 0. The lowest BCUT2D eigenvalue weighted by Crippen LogP contribution is -2.68. The minimum Gasteiger partial charge on any atom is -0.394 e. The van der Waals surface area contributed by atoms with Crippen LogP contribution < -0.4 is 0 Å². The van der Waals surface area contributed by atoms with E-state index in [-0.39, 0.29) is 50.8 Å². The molecule has 2 heterocycles. The van der Waals surface area contributed by atoms with Crippen LogP contribution in [0.4, 0.5) is 0 Å². The molecule has 9 nitrogen and oxygen atoms in total. The van der Waals surface area contributed by atoms with Crippen molar-refractivity contribution in [1.82, 2.24) is 0 Å². The molecule has 0 aromatic heterocycles. The number of fused-ring (bicyclic) bond motifs is 3. The van der Waals surface area contributed by atoms with Crippen molar-refractivity contribution in [2.45, 2.75) is 167 Å². The monoisotopic (exact) mass is 636 g/mol. The van der Waals surface area contributed by atoms with Crippen molar-refractivity contribution in [1.29, 1.82) is 0 Å². The number of aliphatic hydroxyl groups is 6. The minimum absolute atomic E-state index is 0.0189. The SMILES string of the molecule is CC(CC(O)C1OC1(C)C)[C@@H]1CC[C@]23C[C@]12CC[C@@H]1[C@@]2(C)CC[C@@H](O)C(C)(C)[C@@H]2C[C@@H](O[C@@H]2O[C@H](CO)[C@@H](O)[C@H](O)[C@H]2O)[C@]13C. The van der Waals surface area contributed by atoms with Crippen LogP contribution >= 0.6 is 0 Å². The van der Waals surface area contributed by atoms with Crippen LogP contribution in [0.3, 0.4) is 0 Å². The van der Waals surface area contributed by atoms with Gasteiger partial charge in [0.1, 0.15) is 30.5 Å². The lowest BCUT2D eigenvalue weighted by atomic mass is 9.37. The molecule has 9 heteroatoms. The van der Waals surface area contributed by atoms with Gasteiger partial charge in [-0.25, -0.2) is 0 Å². The molecule has 0 radical (unpaired) electrons. The summed E-state index contributed by atoms with van der Waals surface area (Å²) in [6.45, 7) is 15.2. The first-order valence-corrected chi connectivity index (χ1v) is 17.9. The molecule has 5 aliphatic carbocycles. The Morgan fingerprint density at radius 1 is 0.867 bits per heavy atom. The van der Waals surface area contributed by atoms with Gasteiger partial charge < -0.3 is 44.8 Å². The second-order valence-electron chi connectivity index (χ2n) is 18.3. The van der Waals surface area contributed by atoms with Crippen molar-refractivity contribution >= 4 is 0 Å². The molecule has 258 valence electrons. The van der Waals surface area contributed by atoms with Gasteiger partial charge in [-0.05, 0) is 117 Å². The Labute approximate surface area is 269 Å². The van der Waals surface area contributed by atoms with E-state index in [0.29, 0.717) is 24.2 Å². The molecule has 7 rings (SSSR count). The third-order valence-corrected chi connectivity index (χ3v) is 16.0. The fourth-order valence-electron chi connectivity index (χ4n) is 13.5. The highest BCUT2D eigenvalue weighted by Crippen LogP contribution is 2.91. The van der Waals surface area contributed by atoms with E-state index in [1.54, 1.807) is 0 Å². The second kappa shape index (κ2) is 10.3. The average Bonchev–Trinajstić information content (AvgIpc) is 3.81. The quantitative estimate of drug-likeness (QED) is 0.183. The summed E-state index contributed by atoms with van der Waals surface area (Å²) in [5, 5.41) is 64.5. The smallest absolute Gasteiger partial charge is 0.186 e. The Kier molecular flexibility index (Phi) is 7.61. The van der Waals surface area contributed by atoms with Crippen molar-refractivity contribution in [2.75, 3.05) is 6.61 Å². The maximum atomic E-state index is 11.3. The normalized spacial score (nSPS) is 57.1. The molecule has 0 aromatic rings. The number of hydrogen-bond acceptors (Lipinski definition) is 9. The van der Waals surface area contributed by atoms with Crippen LogP contribution in [0, 0.1) is 50.7 Å². The number of aliphatic hydroxyl groups excluding tert-OH is 6. The summed E-state index contributed by atoms with van der Waals surface area (Å²) < 4.78 is 18.7. The lowest BCUT2D eigenvalue weighted by Gasteiger charge is -2.69. The summed E-state index contributed by atoms with van der Waals surface area (Å²) >= 11 is 0. The Balaban J connectivity index is 1.23. The highest BCUT2D eigenvalue weighted by atomic mass is 16.7. The number of rotatable bonds is 7. The van der Waals surface area contributed by atoms with Gasteiger partial charge in [0, 0.05) is 5.41 Å². The van der Waals surface area contributed by atoms with Crippen molar-refractivity contribution in [3.05, 3.63) is 0 Å². The van der Waals surface area contributed by atoms with E-state index in [9.17, 15) is 30.6 Å². The van der Waals surface area contributed by atoms with Gasteiger partial charge in [0.2, 0.25) is 0 Å². The van der Waals surface area contributed by atoms with Crippen molar-refractivity contribution < 1.29 is 44.8 Å². The van der Waals surface area contributed by atoms with E-state index >= 15 is 0 Å². The standard InChI is InChI=1S/C36H60O9/c1-18(14-20(38)29-32(4,5)45-29)19-8-13-36-17-35(19,36)12-9-22-33(6)11-10-24(39)31(2,3)23(33)15-25(34(22,36)7)44-30-28(42)27(41)26(40)21(16-37)43-30/h18-30,37-42H,8-17H2,1-7H3/t18?,19-,20?,21+,22+,23-,24+,25+,26+,27-,28+,29?,30-,33+,34-,35+,36+/m0/s1. The molecule has 5 saturated carbocycles. The summed E-state index contributed by atoms with van der Waals surface area (Å²) in [6, 6.07) is 0. The first-order valence-electron chi connectivity index (χ1n) is 17.9. The topological polar surface area (TPSA) is 152 Å². The first kappa shape index (κ1) is 33.2. The summed E-state index contributed by atoms with van der Waals surface area (Å²) in [5.74, 6) is 1.42. The van der Waals surface area contributed by atoms with Crippen LogP contribution in [0.5, 0.6) is 0 Å². The van der Waals surface area contributed by atoms with Gasteiger partial charge in [0.15, 0.2) is 6.29 Å². The second-order valence-corrected chi connectivity index (χ2v) is 18.3. The zero-order valence-electron chi connectivity index (χ0n) is 28.5. The van der Waals surface area contributed by atoms with Crippen LogP contribution in [0.1, 0.15) is 106 Å². The van der Waals surface area contributed by atoms with E-state index < -0.39 is 49.5 Å². The van der Waals surface area contributed by atoms with E-state index in [1.165, 1.54) is 6.42 Å². The lowest BCUT2D eigenvalue weighted by molar-refractivity contribution is -0.344. The zero-order valence-corrected chi connectivity index (χ0v) is 28.5. The fourth-order valence-corrected chi connectivity index (χ4v) is 13.5. The van der Waals surface area contributed by atoms with Crippen molar-refractivity contribution in [2.24, 2.45) is 50.7 Å². The van der Waals surface area contributed by atoms with Gasteiger partial charge >= 0.3 is 0 Å². The van der Waals surface area contributed by atoms with Crippen LogP contribution in [0.15, 0.2) is 0 Å². The zero-order chi connectivity index (χ0) is 32.7. The molecule has 17 atom stereocenters. The Bertz CT molecular complexity index is 1160. The molecule has 45 heavy (non-hydrogen) atoms. The molecule has 0 bridgehead atoms. The third-order valence-electron chi connectivity index (χ3n) is 16.0. The van der Waals surface area contributed by atoms with Gasteiger partial charge in [0.05, 0.1) is 30.5 Å². The van der Waals surface area contributed by atoms with Gasteiger partial charge in [-0.15, -0.1) is 0 Å². The fraction of sp³-hybridized carbons (Fsp3) is 1.00. The third kappa shape index (κ3) is 4.30. The first-order chi connectivity index (χ1) is 20.9. The van der Waals surface area contributed by atoms with Crippen LogP contribution in [0.2, 0.25) is 0 Å². The maximum absolute atomic E-state index is 11.3. The number of epoxide rings is 1. The molecular formula is C36H60O9. The Hall–Kier alpha value is -0.360. The van der Waals surface area contributed by atoms with E-state index in [4.69, 9.17) is 14.2 Å². The van der Waals surface area contributed by atoms with Gasteiger partial charge in [0.25, 0.3) is 0 Å². The average molecular weight is 637 g/mol. The minimum atomic E-state index is -1.49. The molecule has 0 spiro atoms. The molecule has 7 aliphatic rings. The largest absolute Gasteiger partial charge is 0.394 e. The molecule has 0 aromatic carbocycles. The predicted octanol–water partition coefficient (Wildman–Crippen LogP) is 3.15. The Morgan fingerprint density at radius 2 is 1.56 bits per heavy atom.